The third-order valence-electron chi connectivity index (χ3n) is 2.72. The molecule has 1 heterocycles. The molecule has 2 aromatic rings. The molecule has 0 saturated heterocycles. The second-order valence-electron chi connectivity index (χ2n) is 4.19. The van der Waals surface area contributed by atoms with Gasteiger partial charge in [-0.1, -0.05) is 12.1 Å². The van der Waals surface area contributed by atoms with Crippen molar-refractivity contribution >= 4 is 11.6 Å². The molecule has 6 nitrogen and oxygen atoms in total. The molecule has 0 spiro atoms. The molecule has 0 aliphatic heterocycles. The van der Waals surface area contributed by atoms with Gasteiger partial charge >= 0.3 is 0 Å². The van der Waals surface area contributed by atoms with Crippen molar-refractivity contribution in [3.63, 3.8) is 0 Å². The Bertz CT molecular complexity index is 612. The molecule has 0 aliphatic rings. The summed E-state index contributed by atoms with van der Waals surface area (Å²) in [7, 11) is 0. The van der Waals surface area contributed by atoms with Crippen molar-refractivity contribution in [1.82, 2.24) is 4.98 Å². The Hall–Kier alpha value is -2.60. The van der Waals surface area contributed by atoms with Crippen LogP contribution < -0.4 is 16.2 Å². The molecular weight excluding hydrogens is 258 g/mol. The van der Waals surface area contributed by atoms with Gasteiger partial charge in [-0.15, -0.1) is 0 Å². The van der Waals surface area contributed by atoms with Crippen LogP contribution in [-0.4, -0.2) is 22.6 Å². The lowest BCUT2D eigenvalue weighted by molar-refractivity contribution is 0.100. The van der Waals surface area contributed by atoms with Gasteiger partial charge < -0.3 is 21.3 Å². The number of nitrogens with two attached hydrogens (primary N) is 2. The van der Waals surface area contributed by atoms with Crippen LogP contribution in [0.4, 0.5) is 5.69 Å². The van der Waals surface area contributed by atoms with Crippen molar-refractivity contribution in [2.45, 2.75) is 6.42 Å². The lowest BCUT2D eigenvalue weighted by Gasteiger charge is -2.07. The number of primary amides is 1. The number of anilines is 1. The number of pyridine rings is 1. The van der Waals surface area contributed by atoms with Crippen molar-refractivity contribution in [2.24, 2.45) is 5.73 Å². The molecule has 0 aliphatic carbocycles. The second kappa shape index (κ2) is 6.03. The number of aliphatic hydroxyl groups excluding tert-OH is 1. The van der Waals surface area contributed by atoms with Crippen LogP contribution in [0.5, 0.6) is 11.6 Å². The lowest BCUT2D eigenvalue weighted by atomic mass is 10.1. The van der Waals surface area contributed by atoms with Gasteiger partial charge in [-0.2, -0.15) is 0 Å². The summed E-state index contributed by atoms with van der Waals surface area (Å²) in [5.41, 5.74) is 12.2. The maximum atomic E-state index is 11.2. The Morgan fingerprint density at radius 2 is 2.00 bits per heavy atom. The molecule has 0 fully saturated rings. The fraction of sp³-hybridized carbons (Fsp3) is 0.143. The van der Waals surface area contributed by atoms with Gasteiger partial charge in [0.05, 0.1) is 17.4 Å². The van der Waals surface area contributed by atoms with Crippen LogP contribution in [-0.2, 0) is 6.42 Å². The van der Waals surface area contributed by atoms with Crippen LogP contribution in [0.25, 0.3) is 0 Å². The molecule has 1 aromatic carbocycles. The summed E-state index contributed by atoms with van der Waals surface area (Å²) in [4.78, 5) is 15.2. The summed E-state index contributed by atoms with van der Waals surface area (Å²) in [6.45, 7) is 0.0989. The molecule has 2 rings (SSSR count). The van der Waals surface area contributed by atoms with Gasteiger partial charge in [0.1, 0.15) is 5.75 Å². The van der Waals surface area contributed by atoms with Crippen LogP contribution in [0.15, 0.2) is 36.5 Å². The lowest BCUT2D eigenvalue weighted by Crippen LogP contribution is -2.13. The Balaban J connectivity index is 2.17. The first-order valence-electron chi connectivity index (χ1n) is 6.03. The Morgan fingerprint density at radius 1 is 1.30 bits per heavy atom. The third-order valence-corrected chi connectivity index (χ3v) is 2.72. The van der Waals surface area contributed by atoms with E-state index in [9.17, 15) is 4.79 Å². The normalized spacial score (nSPS) is 10.2. The van der Waals surface area contributed by atoms with E-state index < -0.39 is 5.91 Å². The van der Waals surface area contributed by atoms with E-state index in [1.807, 2.05) is 12.1 Å². The van der Waals surface area contributed by atoms with Crippen LogP contribution >= 0.6 is 0 Å². The van der Waals surface area contributed by atoms with Crippen LogP contribution in [0.2, 0.25) is 0 Å². The van der Waals surface area contributed by atoms with E-state index in [-0.39, 0.29) is 23.7 Å². The summed E-state index contributed by atoms with van der Waals surface area (Å²) < 4.78 is 5.52. The van der Waals surface area contributed by atoms with Crippen LogP contribution in [0.1, 0.15) is 15.9 Å². The maximum Gasteiger partial charge on any atom is 0.251 e. The first-order valence-corrected chi connectivity index (χ1v) is 6.03. The highest BCUT2D eigenvalue weighted by molar-refractivity contribution is 5.98. The fourth-order valence-electron chi connectivity index (χ4n) is 1.69. The largest absolute Gasteiger partial charge is 0.439 e. The number of carbonyl (C=O) groups excluding carboxylic acids is 1. The molecule has 0 bridgehead atoms. The number of amides is 1. The highest BCUT2D eigenvalue weighted by atomic mass is 16.5. The molecule has 104 valence electrons. The van der Waals surface area contributed by atoms with E-state index >= 15 is 0 Å². The molecule has 0 saturated carbocycles. The summed E-state index contributed by atoms with van der Waals surface area (Å²) in [6, 6.07) is 8.61. The number of ether oxygens (including phenoxy) is 1. The fourth-order valence-corrected chi connectivity index (χ4v) is 1.69. The van der Waals surface area contributed by atoms with Gasteiger partial charge in [0.2, 0.25) is 5.88 Å². The summed E-state index contributed by atoms with van der Waals surface area (Å²) >= 11 is 0. The maximum absolute atomic E-state index is 11.2. The zero-order valence-electron chi connectivity index (χ0n) is 10.7. The van der Waals surface area contributed by atoms with Gasteiger partial charge in [0.15, 0.2) is 0 Å². The smallest absolute Gasteiger partial charge is 0.251 e. The predicted molar refractivity (Wildman–Crippen MR) is 74.5 cm³/mol. The molecule has 0 radical (unpaired) electrons. The third kappa shape index (κ3) is 3.24. The first kappa shape index (κ1) is 13.8. The zero-order valence-corrected chi connectivity index (χ0v) is 10.7. The Kier molecular flexibility index (Phi) is 4.17. The van der Waals surface area contributed by atoms with Crippen molar-refractivity contribution < 1.29 is 14.6 Å². The van der Waals surface area contributed by atoms with Gasteiger partial charge in [-0.3, -0.25) is 4.79 Å². The van der Waals surface area contributed by atoms with Crippen molar-refractivity contribution in [3.8, 4) is 11.6 Å². The average molecular weight is 273 g/mol. The number of hydrogen-bond acceptors (Lipinski definition) is 5. The summed E-state index contributed by atoms with van der Waals surface area (Å²) in [6.07, 6.45) is 1.92. The topological polar surface area (TPSA) is 111 Å². The van der Waals surface area contributed by atoms with Crippen molar-refractivity contribution in [3.05, 3.63) is 47.7 Å². The van der Waals surface area contributed by atoms with Gasteiger partial charge in [0.25, 0.3) is 5.91 Å². The highest BCUT2D eigenvalue weighted by Crippen LogP contribution is 2.22. The summed E-state index contributed by atoms with van der Waals surface area (Å²) in [5, 5.41) is 8.84. The zero-order chi connectivity index (χ0) is 14.5. The standard InChI is InChI=1S/C14H15N3O3/c15-12-8-17-13(7-11(12)14(16)19)20-10-3-1-9(2-4-10)5-6-18/h1-4,7-8,18H,5-6,15H2,(H2,16,19). The SMILES string of the molecule is NC(=O)c1cc(Oc2ccc(CCO)cc2)ncc1N. The number of aromatic nitrogens is 1. The van der Waals surface area contributed by atoms with E-state index in [4.69, 9.17) is 21.3 Å². The number of carbonyl (C=O) groups is 1. The Labute approximate surface area is 116 Å². The second-order valence-corrected chi connectivity index (χ2v) is 4.19. The minimum Gasteiger partial charge on any atom is -0.439 e. The first-order chi connectivity index (χ1) is 9.60. The number of hydrogen-bond donors (Lipinski definition) is 3. The molecule has 5 N–H and O–H groups in total. The number of aliphatic hydroxyl groups is 1. The highest BCUT2D eigenvalue weighted by Gasteiger charge is 2.09. The molecule has 20 heavy (non-hydrogen) atoms. The molecule has 0 atom stereocenters. The minimum atomic E-state index is -0.631. The van der Waals surface area contributed by atoms with Crippen LogP contribution in [0, 0.1) is 0 Å². The Morgan fingerprint density at radius 3 is 2.60 bits per heavy atom. The number of rotatable bonds is 5. The van der Waals surface area contributed by atoms with E-state index in [2.05, 4.69) is 4.98 Å². The number of benzene rings is 1. The van der Waals surface area contributed by atoms with Crippen molar-refractivity contribution in [2.75, 3.05) is 12.3 Å². The van der Waals surface area contributed by atoms with Crippen molar-refractivity contribution in [1.29, 1.82) is 0 Å². The van der Waals surface area contributed by atoms with E-state index in [1.54, 1.807) is 12.1 Å². The number of nitrogens with zero attached hydrogens (tertiary/aromatic N) is 1. The van der Waals surface area contributed by atoms with E-state index in [0.717, 1.165) is 5.56 Å². The molecule has 1 aromatic heterocycles. The predicted octanol–water partition coefficient (Wildman–Crippen LogP) is 1.09. The average Bonchev–Trinajstić information content (AvgIpc) is 2.43. The van der Waals surface area contributed by atoms with Gasteiger partial charge in [-0.05, 0) is 24.1 Å². The van der Waals surface area contributed by atoms with E-state index in [0.29, 0.717) is 12.2 Å². The molecule has 6 heteroatoms. The van der Waals surface area contributed by atoms with Gasteiger partial charge in [0, 0.05) is 12.7 Å². The quantitative estimate of drug-likeness (QED) is 0.755. The van der Waals surface area contributed by atoms with E-state index in [1.165, 1.54) is 12.3 Å². The van der Waals surface area contributed by atoms with Gasteiger partial charge in [-0.25, -0.2) is 4.98 Å². The molecule has 1 amide bonds. The minimum absolute atomic E-state index is 0.0989. The number of nitrogen functional groups attached to an aromatic ring is 1. The molecule has 0 unspecified atom stereocenters. The monoisotopic (exact) mass is 273 g/mol. The summed E-state index contributed by atoms with van der Waals surface area (Å²) in [5.74, 6) is 0.176. The molecular formula is C14H15N3O3. The van der Waals surface area contributed by atoms with Crippen LogP contribution in [0.3, 0.4) is 0 Å².